The minimum absolute atomic E-state index is 1.06. The zero-order valence-corrected chi connectivity index (χ0v) is 12.1. The molecule has 1 aliphatic rings. The highest BCUT2D eigenvalue weighted by Gasteiger charge is 2.22. The zero-order chi connectivity index (χ0) is 14.1. The first kappa shape index (κ1) is 12.7. The third-order valence-electron chi connectivity index (χ3n) is 3.49. The van der Waals surface area contributed by atoms with Gasteiger partial charge in [-0.15, -0.1) is 0 Å². The maximum Gasteiger partial charge on any atom is 0.0379 e. The molecule has 1 heterocycles. The summed E-state index contributed by atoms with van der Waals surface area (Å²) in [4.78, 5) is 6.49. The normalized spacial score (nSPS) is 14.7. The number of fused-ring (bicyclic) bond motifs is 3. The van der Waals surface area contributed by atoms with Gasteiger partial charge in [0.1, 0.15) is 0 Å². The molecule has 2 nitrogen and oxygen atoms in total. The van der Waals surface area contributed by atoms with Crippen molar-refractivity contribution in [2.24, 2.45) is 0 Å². The molecule has 1 aliphatic carbocycles. The van der Waals surface area contributed by atoms with E-state index in [9.17, 15) is 0 Å². The predicted molar refractivity (Wildman–Crippen MR) is 84.3 cm³/mol. The second-order valence-corrected chi connectivity index (χ2v) is 5.30. The highest BCUT2D eigenvalue weighted by atomic mass is 15.0. The Morgan fingerprint density at radius 1 is 1.00 bits per heavy atom. The number of aromatic nitrogens is 1. The third kappa shape index (κ3) is 2.14. The SMILES string of the molecule is Cc1cc2c(cn1)C(=CC=CN(C)C)c1ccccc1-2. The number of benzene rings is 1. The topological polar surface area (TPSA) is 16.1 Å². The van der Waals surface area contributed by atoms with Crippen LogP contribution in [0.1, 0.15) is 16.8 Å². The highest BCUT2D eigenvalue weighted by Crippen LogP contribution is 2.43. The van der Waals surface area contributed by atoms with Gasteiger partial charge < -0.3 is 4.90 Å². The number of allylic oxidation sites excluding steroid dienone is 2. The molecule has 2 heteroatoms. The van der Waals surface area contributed by atoms with Crippen LogP contribution in [0.3, 0.4) is 0 Å². The lowest BCUT2D eigenvalue weighted by Crippen LogP contribution is -1.99. The summed E-state index contributed by atoms with van der Waals surface area (Å²) in [6.45, 7) is 2.04. The van der Waals surface area contributed by atoms with Gasteiger partial charge in [-0.1, -0.05) is 30.3 Å². The van der Waals surface area contributed by atoms with Crippen molar-refractivity contribution in [2.75, 3.05) is 14.1 Å². The third-order valence-corrected chi connectivity index (χ3v) is 3.49. The number of rotatable bonds is 2. The molecule has 0 N–H and O–H groups in total. The molecule has 0 amide bonds. The van der Waals surface area contributed by atoms with Crippen LogP contribution in [0.25, 0.3) is 16.7 Å². The predicted octanol–water partition coefficient (Wildman–Crippen LogP) is 3.88. The summed E-state index contributed by atoms with van der Waals surface area (Å²) in [5.41, 5.74) is 7.42. The zero-order valence-electron chi connectivity index (χ0n) is 12.1. The Hall–Kier alpha value is -2.35. The summed E-state index contributed by atoms with van der Waals surface area (Å²) in [5, 5.41) is 0. The number of pyridine rings is 1. The van der Waals surface area contributed by atoms with Crippen molar-refractivity contribution in [3.63, 3.8) is 0 Å². The maximum atomic E-state index is 4.45. The first-order valence-electron chi connectivity index (χ1n) is 6.78. The average Bonchev–Trinajstić information content (AvgIpc) is 2.73. The van der Waals surface area contributed by atoms with Crippen LogP contribution in [-0.2, 0) is 0 Å². The Balaban J connectivity index is 2.17. The van der Waals surface area contributed by atoms with Crippen molar-refractivity contribution in [1.82, 2.24) is 9.88 Å². The van der Waals surface area contributed by atoms with E-state index in [1.165, 1.54) is 27.8 Å². The number of nitrogens with zero attached hydrogens (tertiary/aromatic N) is 2. The molecule has 0 saturated carbocycles. The van der Waals surface area contributed by atoms with E-state index >= 15 is 0 Å². The molecule has 100 valence electrons. The summed E-state index contributed by atoms with van der Waals surface area (Å²) in [7, 11) is 4.05. The van der Waals surface area contributed by atoms with Crippen LogP contribution >= 0.6 is 0 Å². The first-order chi connectivity index (χ1) is 9.66. The van der Waals surface area contributed by atoms with Crippen molar-refractivity contribution < 1.29 is 0 Å². The lowest BCUT2D eigenvalue weighted by molar-refractivity contribution is 0.564. The second-order valence-electron chi connectivity index (χ2n) is 5.30. The van der Waals surface area contributed by atoms with Gasteiger partial charge in [0.05, 0.1) is 0 Å². The van der Waals surface area contributed by atoms with Crippen LogP contribution in [0.2, 0.25) is 0 Å². The van der Waals surface area contributed by atoms with E-state index in [0.29, 0.717) is 0 Å². The molecule has 0 bridgehead atoms. The molecule has 1 aromatic carbocycles. The van der Waals surface area contributed by atoms with E-state index in [1.807, 2.05) is 32.1 Å². The van der Waals surface area contributed by atoms with Crippen LogP contribution in [-0.4, -0.2) is 24.0 Å². The smallest absolute Gasteiger partial charge is 0.0379 e. The molecule has 0 spiro atoms. The fourth-order valence-electron chi connectivity index (χ4n) is 2.59. The van der Waals surface area contributed by atoms with Crippen molar-refractivity contribution in [3.8, 4) is 11.1 Å². The van der Waals surface area contributed by atoms with E-state index < -0.39 is 0 Å². The lowest BCUT2D eigenvalue weighted by atomic mass is 10.0. The molecule has 0 radical (unpaired) electrons. The van der Waals surface area contributed by atoms with Crippen molar-refractivity contribution in [3.05, 3.63) is 71.7 Å². The van der Waals surface area contributed by atoms with Gasteiger partial charge in [0.15, 0.2) is 0 Å². The van der Waals surface area contributed by atoms with Gasteiger partial charge in [-0.05, 0) is 47.5 Å². The number of hydrogen-bond acceptors (Lipinski definition) is 2. The summed E-state index contributed by atoms with van der Waals surface area (Å²) in [5.74, 6) is 0. The summed E-state index contributed by atoms with van der Waals surface area (Å²) in [6.07, 6.45) is 8.29. The van der Waals surface area contributed by atoms with Crippen molar-refractivity contribution >= 4 is 5.57 Å². The van der Waals surface area contributed by atoms with Crippen LogP contribution < -0.4 is 0 Å². The van der Waals surface area contributed by atoms with Gasteiger partial charge in [0.25, 0.3) is 0 Å². The minimum atomic E-state index is 1.06. The van der Waals surface area contributed by atoms with Crippen LogP contribution in [0.4, 0.5) is 0 Å². The molecule has 0 aliphatic heterocycles. The Morgan fingerprint density at radius 2 is 1.75 bits per heavy atom. The lowest BCUT2D eigenvalue weighted by Gasteiger charge is -2.03. The van der Waals surface area contributed by atoms with Gasteiger partial charge in [-0.25, -0.2) is 0 Å². The van der Waals surface area contributed by atoms with Gasteiger partial charge in [-0.2, -0.15) is 0 Å². The maximum absolute atomic E-state index is 4.45. The molecular formula is C18H18N2. The highest BCUT2D eigenvalue weighted by molar-refractivity contribution is 6.01. The number of hydrogen-bond donors (Lipinski definition) is 0. The van der Waals surface area contributed by atoms with Crippen LogP contribution in [0.5, 0.6) is 0 Å². The molecule has 3 rings (SSSR count). The van der Waals surface area contributed by atoms with Gasteiger partial charge >= 0.3 is 0 Å². The monoisotopic (exact) mass is 262 g/mol. The largest absolute Gasteiger partial charge is 0.383 e. The second kappa shape index (κ2) is 4.97. The van der Waals surface area contributed by atoms with Crippen LogP contribution in [0.15, 0.2) is 54.9 Å². The Kier molecular flexibility index (Phi) is 3.15. The molecule has 0 saturated heterocycles. The molecule has 2 aromatic rings. The van der Waals surface area contributed by atoms with E-state index in [2.05, 4.69) is 53.7 Å². The summed E-state index contributed by atoms with van der Waals surface area (Å²) >= 11 is 0. The summed E-state index contributed by atoms with van der Waals surface area (Å²) in [6, 6.07) is 10.7. The molecule has 20 heavy (non-hydrogen) atoms. The average molecular weight is 262 g/mol. The molecule has 1 aromatic heterocycles. The fourth-order valence-corrected chi connectivity index (χ4v) is 2.59. The molecule has 0 unspecified atom stereocenters. The van der Waals surface area contributed by atoms with E-state index in [0.717, 1.165) is 5.69 Å². The Morgan fingerprint density at radius 3 is 2.50 bits per heavy atom. The van der Waals surface area contributed by atoms with Crippen molar-refractivity contribution in [1.29, 1.82) is 0 Å². The molecular weight excluding hydrogens is 244 g/mol. The number of aryl methyl sites for hydroxylation is 1. The van der Waals surface area contributed by atoms with E-state index in [1.54, 1.807) is 0 Å². The summed E-state index contributed by atoms with van der Waals surface area (Å²) < 4.78 is 0. The van der Waals surface area contributed by atoms with Gasteiger partial charge in [0.2, 0.25) is 0 Å². The molecule has 0 fully saturated rings. The molecule has 0 atom stereocenters. The van der Waals surface area contributed by atoms with Crippen LogP contribution in [0, 0.1) is 6.92 Å². The van der Waals surface area contributed by atoms with E-state index in [4.69, 9.17) is 0 Å². The van der Waals surface area contributed by atoms with Gasteiger partial charge in [0, 0.05) is 31.5 Å². The first-order valence-corrected chi connectivity index (χ1v) is 6.78. The Bertz CT molecular complexity index is 709. The van der Waals surface area contributed by atoms with E-state index in [-0.39, 0.29) is 0 Å². The Labute approximate surface area is 120 Å². The fraction of sp³-hybridized carbons (Fsp3) is 0.167. The van der Waals surface area contributed by atoms with Crippen molar-refractivity contribution in [2.45, 2.75) is 6.92 Å². The standard InChI is InChI=1S/C18H18N2/c1-13-11-17-15-8-5-4-7-14(15)16(18(17)12-19-13)9-6-10-20(2)3/h4-12H,1-3H3. The minimum Gasteiger partial charge on any atom is -0.383 e. The van der Waals surface area contributed by atoms with Gasteiger partial charge in [-0.3, -0.25) is 4.98 Å². The quantitative estimate of drug-likeness (QED) is 0.697.